The molecule has 0 aromatic rings. The third kappa shape index (κ3) is 4.22. The molecule has 0 saturated heterocycles. The van der Waals surface area contributed by atoms with E-state index in [4.69, 9.17) is 0 Å². The zero-order valence-corrected chi connectivity index (χ0v) is 9.96. The number of hydrogen-bond acceptors (Lipinski definition) is 1. The van der Waals surface area contributed by atoms with Gasteiger partial charge < -0.3 is 0 Å². The summed E-state index contributed by atoms with van der Waals surface area (Å²) in [5.74, 6) is 0.489. The van der Waals surface area contributed by atoms with E-state index in [9.17, 15) is 0 Å². The maximum atomic E-state index is 4.54. The first-order chi connectivity index (χ1) is 6.52. The molecular formula is C13H21N. The summed E-state index contributed by atoms with van der Waals surface area (Å²) in [6, 6.07) is 0. The van der Waals surface area contributed by atoms with E-state index in [0.717, 1.165) is 17.0 Å². The zero-order chi connectivity index (χ0) is 11.1. The summed E-state index contributed by atoms with van der Waals surface area (Å²) in [6.45, 7) is 14.2. The molecule has 0 aliphatic heterocycles. The van der Waals surface area contributed by atoms with Gasteiger partial charge in [-0.3, -0.25) is 4.99 Å². The van der Waals surface area contributed by atoms with Gasteiger partial charge in [0.15, 0.2) is 0 Å². The van der Waals surface area contributed by atoms with Gasteiger partial charge in [0.1, 0.15) is 0 Å². The monoisotopic (exact) mass is 191 g/mol. The minimum absolute atomic E-state index is 0.489. The second-order valence-corrected chi connectivity index (χ2v) is 3.68. The molecule has 0 rings (SSSR count). The van der Waals surface area contributed by atoms with Crippen LogP contribution >= 0.6 is 0 Å². The zero-order valence-electron chi connectivity index (χ0n) is 9.96. The number of hydrogen-bond donors (Lipinski definition) is 0. The van der Waals surface area contributed by atoms with Gasteiger partial charge in [0.05, 0.1) is 5.70 Å². The molecule has 0 aliphatic carbocycles. The van der Waals surface area contributed by atoms with E-state index in [1.54, 1.807) is 6.08 Å². The summed E-state index contributed by atoms with van der Waals surface area (Å²) in [4.78, 5) is 4.54. The summed E-state index contributed by atoms with van der Waals surface area (Å²) >= 11 is 0. The predicted molar refractivity (Wildman–Crippen MR) is 65.7 cm³/mol. The highest BCUT2D eigenvalue weighted by molar-refractivity contribution is 5.85. The molecule has 14 heavy (non-hydrogen) atoms. The van der Waals surface area contributed by atoms with Gasteiger partial charge in [-0.1, -0.05) is 32.6 Å². The molecule has 0 atom stereocenters. The lowest BCUT2D eigenvalue weighted by Crippen LogP contribution is -2.02. The minimum Gasteiger partial charge on any atom is -0.258 e. The molecule has 0 fully saturated rings. The first-order valence-corrected chi connectivity index (χ1v) is 5.04. The van der Waals surface area contributed by atoms with Crippen molar-refractivity contribution < 1.29 is 0 Å². The molecule has 1 heteroatoms. The summed E-state index contributed by atoms with van der Waals surface area (Å²) in [5.41, 5.74) is 3.26. The van der Waals surface area contributed by atoms with Crippen LogP contribution in [0.3, 0.4) is 0 Å². The van der Waals surface area contributed by atoms with Gasteiger partial charge in [-0.15, -0.1) is 0 Å². The lowest BCUT2D eigenvalue weighted by molar-refractivity contribution is 0.876. The van der Waals surface area contributed by atoms with Gasteiger partial charge >= 0.3 is 0 Å². The molecule has 0 saturated carbocycles. The summed E-state index contributed by atoms with van der Waals surface area (Å²) in [6.07, 6.45) is 5.87. The molecule has 0 heterocycles. The number of allylic oxidation sites excluding steroid dienone is 4. The third-order valence-corrected chi connectivity index (χ3v) is 2.15. The van der Waals surface area contributed by atoms with E-state index in [-0.39, 0.29) is 0 Å². The van der Waals surface area contributed by atoms with Crippen molar-refractivity contribution in [2.45, 2.75) is 34.6 Å². The molecule has 0 N–H and O–H groups in total. The van der Waals surface area contributed by atoms with E-state index in [1.807, 2.05) is 26.0 Å². The second-order valence-electron chi connectivity index (χ2n) is 3.68. The van der Waals surface area contributed by atoms with Crippen molar-refractivity contribution in [1.82, 2.24) is 0 Å². The Balaban J connectivity index is 5.01. The Bertz CT molecular complexity index is 278. The van der Waals surface area contributed by atoms with Crippen LogP contribution in [0, 0.1) is 5.92 Å². The lowest BCUT2D eigenvalue weighted by Gasteiger charge is -2.05. The van der Waals surface area contributed by atoms with E-state index in [0.29, 0.717) is 5.92 Å². The van der Waals surface area contributed by atoms with Gasteiger partial charge in [0.25, 0.3) is 0 Å². The normalized spacial score (nSPS) is 14.9. The Morgan fingerprint density at radius 2 is 1.86 bits per heavy atom. The lowest BCUT2D eigenvalue weighted by atomic mass is 10.1. The smallest absolute Gasteiger partial charge is 0.0652 e. The average Bonchev–Trinajstić information content (AvgIpc) is 2.13. The molecule has 78 valence electrons. The second kappa shape index (κ2) is 6.36. The van der Waals surface area contributed by atoms with Gasteiger partial charge in [-0.2, -0.15) is 0 Å². The van der Waals surface area contributed by atoms with Crippen molar-refractivity contribution in [2.24, 2.45) is 10.9 Å². The Morgan fingerprint density at radius 1 is 1.29 bits per heavy atom. The largest absolute Gasteiger partial charge is 0.258 e. The Hall–Kier alpha value is -1.11. The van der Waals surface area contributed by atoms with Crippen LogP contribution in [0.25, 0.3) is 0 Å². The molecule has 1 nitrogen and oxygen atoms in total. The SMILES string of the molecule is C=C/C(N=C(C)C(C)C)=C(C)\C=C/C. The predicted octanol–water partition coefficient (Wildman–Crippen LogP) is 4.14. The van der Waals surface area contributed by atoms with E-state index < -0.39 is 0 Å². The van der Waals surface area contributed by atoms with E-state index >= 15 is 0 Å². The van der Waals surface area contributed by atoms with Crippen LogP contribution in [0.2, 0.25) is 0 Å². The van der Waals surface area contributed by atoms with E-state index in [1.165, 1.54) is 0 Å². The van der Waals surface area contributed by atoms with Crippen LogP contribution < -0.4 is 0 Å². The van der Waals surface area contributed by atoms with Gasteiger partial charge in [-0.05, 0) is 38.3 Å². The average molecular weight is 191 g/mol. The number of aliphatic imine (C=N–C) groups is 1. The van der Waals surface area contributed by atoms with Crippen LogP contribution in [0.4, 0.5) is 0 Å². The molecule has 0 spiro atoms. The van der Waals surface area contributed by atoms with Gasteiger partial charge in [0, 0.05) is 5.71 Å². The fourth-order valence-electron chi connectivity index (χ4n) is 0.949. The maximum absolute atomic E-state index is 4.54. The highest BCUT2D eigenvalue weighted by atomic mass is 14.8. The van der Waals surface area contributed by atoms with Crippen molar-refractivity contribution in [1.29, 1.82) is 0 Å². The van der Waals surface area contributed by atoms with Crippen molar-refractivity contribution in [2.75, 3.05) is 0 Å². The van der Waals surface area contributed by atoms with Crippen LogP contribution in [-0.2, 0) is 0 Å². The van der Waals surface area contributed by atoms with E-state index in [2.05, 4.69) is 32.3 Å². The molecular weight excluding hydrogens is 170 g/mol. The van der Waals surface area contributed by atoms with Gasteiger partial charge in [0.2, 0.25) is 0 Å². The van der Waals surface area contributed by atoms with Gasteiger partial charge in [-0.25, -0.2) is 0 Å². The maximum Gasteiger partial charge on any atom is 0.0652 e. The molecule has 0 aliphatic rings. The highest BCUT2D eigenvalue weighted by Crippen LogP contribution is 2.11. The van der Waals surface area contributed by atoms with Crippen molar-refractivity contribution in [3.8, 4) is 0 Å². The Morgan fingerprint density at radius 3 is 2.21 bits per heavy atom. The number of nitrogens with zero attached hydrogens (tertiary/aromatic N) is 1. The Labute approximate surface area is 87.9 Å². The first kappa shape index (κ1) is 12.9. The van der Waals surface area contributed by atoms with Crippen LogP contribution in [0.5, 0.6) is 0 Å². The fraction of sp³-hybridized carbons (Fsp3) is 0.462. The molecule has 0 amide bonds. The number of rotatable bonds is 4. The summed E-state index contributed by atoms with van der Waals surface area (Å²) < 4.78 is 0. The Kier molecular flexibility index (Phi) is 5.86. The third-order valence-electron chi connectivity index (χ3n) is 2.15. The fourth-order valence-corrected chi connectivity index (χ4v) is 0.949. The van der Waals surface area contributed by atoms with Crippen molar-refractivity contribution >= 4 is 5.71 Å². The van der Waals surface area contributed by atoms with Crippen molar-refractivity contribution in [3.05, 3.63) is 36.1 Å². The molecule has 0 aromatic carbocycles. The van der Waals surface area contributed by atoms with Crippen LogP contribution in [0.1, 0.15) is 34.6 Å². The van der Waals surface area contributed by atoms with Crippen LogP contribution in [-0.4, -0.2) is 5.71 Å². The molecule has 0 bridgehead atoms. The van der Waals surface area contributed by atoms with Crippen molar-refractivity contribution in [3.63, 3.8) is 0 Å². The summed E-state index contributed by atoms with van der Waals surface area (Å²) in [5, 5.41) is 0. The summed E-state index contributed by atoms with van der Waals surface area (Å²) in [7, 11) is 0. The standard InChI is InChI=1S/C13H21N/c1-7-9-11(5)13(8-2)14-12(6)10(3)4/h7-10H,2H2,1,3-6H3/b9-7-,13-11+,14-12?. The molecule has 0 aromatic heterocycles. The molecule has 0 unspecified atom stereocenters. The minimum atomic E-state index is 0.489. The highest BCUT2D eigenvalue weighted by Gasteiger charge is 1.99. The first-order valence-electron chi connectivity index (χ1n) is 5.04. The van der Waals surface area contributed by atoms with Crippen LogP contribution in [0.15, 0.2) is 41.1 Å². The quantitative estimate of drug-likeness (QED) is 0.468. The topological polar surface area (TPSA) is 12.4 Å². The molecule has 0 radical (unpaired) electrons.